The van der Waals surface area contributed by atoms with Gasteiger partial charge in [0.25, 0.3) is 0 Å². The third-order valence-corrected chi connectivity index (χ3v) is 3.57. The van der Waals surface area contributed by atoms with Crippen LogP contribution in [-0.4, -0.2) is 22.7 Å². The van der Waals surface area contributed by atoms with E-state index in [-0.39, 0.29) is 6.10 Å². The highest BCUT2D eigenvalue weighted by molar-refractivity contribution is 7.09. The minimum absolute atomic E-state index is 0.320. The maximum atomic E-state index is 9.17. The van der Waals surface area contributed by atoms with Gasteiger partial charge >= 0.3 is 0 Å². The molecule has 2 N–H and O–H groups in total. The van der Waals surface area contributed by atoms with Crippen LogP contribution in [0.15, 0.2) is 29.6 Å². The van der Waals surface area contributed by atoms with Crippen LogP contribution in [0.2, 0.25) is 0 Å². The van der Waals surface area contributed by atoms with E-state index in [9.17, 15) is 0 Å². The molecular weight excluding hydrogens is 272 g/mol. The predicted molar refractivity (Wildman–Crippen MR) is 81.0 cm³/mol. The maximum Gasteiger partial charge on any atom is 0.131 e. The van der Waals surface area contributed by atoms with Gasteiger partial charge in [0.05, 0.1) is 16.8 Å². The van der Waals surface area contributed by atoms with Gasteiger partial charge in [0, 0.05) is 18.5 Å². The maximum absolute atomic E-state index is 9.17. The molecule has 1 unspecified atom stereocenters. The molecule has 2 aromatic rings. The third kappa shape index (κ3) is 4.92. The van der Waals surface area contributed by atoms with Crippen LogP contribution < -0.4 is 10.1 Å². The van der Waals surface area contributed by atoms with Gasteiger partial charge < -0.3 is 15.2 Å². The highest BCUT2D eigenvalue weighted by atomic mass is 32.1. The monoisotopic (exact) mass is 292 g/mol. The minimum atomic E-state index is -0.320. The summed E-state index contributed by atoms with van der Waals surface area (Å²) in [4.78, 5) is 4.36. The fraction of sp³-hybridized carbons (Fsp3) is 0.400. The van der Waals surface area contributed by atoms with Gasteiger partial charge in [-0.1, -0.05) is 12.1 Å². The van der Waals surface area contributed by atoms with Crippen molar-refractivity contribution in [2.24, 2.45) is 0 Å². The molecule has 1 aromatic carbocycles. The number of aliphatic hydroxyl groups is 1. The molecule has 0 fully saturated rings. The quantitative estimate of drug-likeness (QED) is 0.823. The topological polar surface area (TPSA) is 54.4 Å². The first-order valence-corrected chi connectivity index (χ1v) is 7.53. The summed E-state index contributed by atoms with van der Waals surface area (Å²) in [6.07, 6.45) is -0.320. The standard InChI is InChI=1S/C15H20N2O2S/c1-11(18)7-16-8-13-3-5-15(6-4-13)19-9-14-10-20-12(2)17-14/h3-6,10-11,16,18H,7-9H2,1-2H3. The van der Waals surface area contributed by atoms with E-state index in [0.717, 1.165) is 23.0 Å². The number of nitrogens with zero attached hydrogens (tertiary/aromatic N) is 1. The fourth-order valence-electron chi connectivity index (χ4n) is 1.76. The van der Waals surface area contributed by atoms with Gasteiger partial charge in [-0.3, -0.25) is 0 Å². The molecule has 1 atom stereocenters. The molecule has 0 saturated heterocycles. The SMILES string of the molecule is Cc1nc(COc2ccc(CNCC(C)O)cc2)cs1. The molecule has 0 saturated carbocycles. The summed E-state index contributed by atoms with van der Waals surface area (Å²) in [5.41, 5.74) is 2.14. The summed E-state index contributed by atoms with van der Waals surface area (Å²) in [5.74, 6) is 0.843. The van der Waals surface area contributed by atoms with Crippen molar-refractivity contribution in [1.82, 2.24) is 10.3 Å². The molecule has 0 aliphatic carbocycles. The van der Waals surface area contributed by atoms with Crippen LogP contribution >= 0.6 is 11.3 Å². The summed E-state index contributed by atoms with van der Waals surface area (Å²) in [6.45, 7) is 5.61. The third-order valence-electron chi connectivity index (χ3n) is 2.75. The van der Waals surface area contributed by atoms with Crippen molar-refractivity contribution in [2.75, 3.05) is 6.54 Å². The second-order valence-electron chi connectivity index (χ2n) is 4.77. The van der Waals surface area contributed by atoms with Crippen LogP contribution in [-0.2, 0) is 13.2 Å². The van der Waals surface area contributed by atoms with Gasteiger partial charge in [0.2, 0.25) is 0 Å². The van der Waals surface area contributed by atoms with E-state index in [1.807, 2.05) is 36.6 Å². The summed E-state index contributed by atoms with van der Waals surface area (Å²) >= 11 is 1.63. The number of ether oxygens (including phenoxy) is 1. The van der Waals surface area contributed by atoms with Crippen molar-refractivity contribution in [1.29, 1.82) is 0 Å². The largest absolute Gasteiger partial charge is 0.487 e. The van der Waals surface area contributed by atoms with Crippen LogP contribution in [0.4, 0.5) is 0 Å². The minimum Gasteiger partial charge on any atom is -0.487 e. The second-order valence-corrected chi connectivity index (χ2v) is 5.83. The lowest BCUT2D eigenvalue weighted by molar-refractivity contribution is 0.191. The van der Waals surface area contributed by atoms with Crippen molar-refractivity contribution in [3.8, 4) is 5.75 Å². The molecule has 1 heterocycles. The zero-order valence-corrected chi connectivity index (χ0v) is 12.6. The van der Waals surface area contributed by atoms with Gasteiger partial charge in [-0.05, 0) is 31.5 Å². The summed E-state index contributed by atoms with van der Waals surface area (Å²) in [6, 6.07) is 7.96. The van der Waals surface area contributed by atoms with Crippen LogP contribution in [0.25, 0.3) is 0 Å². The van der Waals surface area contributed by atoms with Crippen molar-refractivity contribution >= 4 is 11.3 Å². The molecule has 1 aromatic heterocycles. The average Bonchev–Trinajstić information content (AvgIpc) is 2.83. The Hall–Kier alpha value is -1.43. The van der Waals surface area contributed by atoms with Gasteiger partial charge in [-0.15, -0.1) is 11.3 Å². The molecule has 0 bridgehead atoms. The average molecular weight is 292 g/mol. The molecule has 2 rings (SSSR count). The Labute approximate surface area is 123 Å². The highest BCUT2D eigenvalue weighted by Gasteiger charge is 2.01. The predicted octanol–water partition coefficient (Wildman–Crippen LogP) is 2.50. The number of benzene rings is 1. The Bertz CT molecular complexity index is 523. The van der Waals surface area contributed by atoms with Crippen molar-refractivity contribution in [3.63, 3.8) is 0 Å². The highest BCUT2D eigenvalue weighted by Crippen LogP contribution is 2.15. The van der Waals surface area contributed by atoms with E-state index in [1.165, 1.54) is 5.56 Å². The van der Waals surface area contributed by atoms with Crippen LogP contribution in [0, 0.1) is 6.92 Å². The number of thiazole rings is 1. The number of rotatable bonds is 7. The smallest absolute Gasteiger partial charge is 0.131 e. The van der Waals surface area contributed by atoms with Crippen molar-refractivity contribution < 1.29 is 9.84 Å². The van der Waals surface area contributed by atoms with Crippen LogP contribution in [0.5, 0.6) is 5.75 Å². The Balaban J connectivity index is 1.79. The summed E-state index contributed by atoms with van der Waals surface area (Å²) in [7, 11) is 0. The first-order chi connectivity index (χ1) is 9.63. The molecular formula is C15H20N2O2S. The van der Waals surface area contributed by atoms with Gasteiger partial charge in [-0.2, -0.15) is 0 Å². The molecule has 0 amide bonds. The van der Waals surface area contributed by atoms with Gasteiger partial charge in [0.1, 0.15) is 12.4 Å². The fourth-order valence-corrected chi connectivity index (χ4v) is 2.36. The van der Waals surface area contributed by atoms with Crippen molar-refractivity contribution in [3.05, 3.63) is 45.9 Å². The second kappa shape index (κ2) is 7.38. The number of aliphatic hydroxyl groups excluding tert-OH is 1. The Kier molecular flexibility index (Phi) is 5.52. The normalized spacial score (nSPS) is 12.3. The Morgan fingerprint density at radius 1 is 1.35 bits per heavy atom. The van der Waals surface area contributed by atoms with E-state index in [1.54, 1.807) is 18.3 Å². The van der Waals surface area contributed by atoms with Crippen molar-refractivity contribution in [2.45, 2.75) is 33.1 Å². The number of nitrogens with one attached hydrogen (secondary N) is 1. The van der Waals surface area contributed by atoms with Crippen LogP contribution in [0.1, 0.15) is 23.2 Å². The van der Waals surface area contributed by atoms with Gasteiger partial charge in [-0.25, -0.2) is 4.98 Å². The Morgan fingerprint density at radius 2 is 2.10 bits per heavy atom. The molecule has 0 aliphatic heterocycles. The van der Waals surface area contributed by atoms with E-state index >= 15 is 0 Å². The number of hydrogen-bond donors (Lipinski definition) is 2. The first-order valence-electron chi connectivity index (χ1n) is 6.65. The summed E-state index contributed by atoms with van der Waals surface area (Å²) in [5, 5.41) is 15.4. The lowest BCUT2D eigenvalue weighted by Gasteiger charge is -2.08. The molecule has 20 heavy (non-hydrogen) atoms. The number of hydrogen-bond acceptors (Lipinski definition) is 5. The summed E-state index contributed by atoms with van der Waals surface area (Å²) < 4.78 is 5.69. The molecule has 108 valence electrons. The Morgan fingerprint density at radius 3 is 2.70 bits per heavy atom. The molecule has 0 spiro atoms. The van der Waals surface area contributed by atoms with Gasteiger partial charge in [0.15, 0.2) is 0 Å². The number of aryl methyl sites for hydroxylation is 1. The molecule has 5 heteroatoms. The lowest BCUT2D eigenvalue weighted by atomic mass is 10.2. The van der Waals surface area contributed by atoms with E-state index in [0.29, 0.717) is 13.2 Å². The van der Waals surface area contributed by atoms with E-state index in [2.05, 4.69) is 10.3 Å². The van der Waals surface area contributed by atoms with E-state index in [4.69, 9.17) is 9.84 Å². The van der Waals surface area contributed by atoms with Crippen LogP contribution in [0.3, 0.4) is 0 Å². The molecule has 0 aliphatic rings. The molecule has 0 radical (unpaired) electrons. The number of aromatic nitrogens is 1. The lowest BCUT2D eigenvalue weighted by Crippen LogP contribution is -2.23. The van der Waals surface area contributed by atoms with E-state index < -0.39 is 0 Å². The first kappa shape index (κ1) is 15.0. The zero-order chi connectivity index (χ0) is 14.4. The molecule has 4 nitrogen and oxygen atoms in total. The zero-order valence-electron chi connectivity index (χ0n) is 11.8.